The van der Waals surface area contributed by atoms with Gasteiger partial charge in [-0.05, 0) is 73.2 Å². The number of hydrogen-bond acceptors (Lipinski definition) is 0. The lowest BCUT2D eigenvalue weighted by atomic mass is 9.96. The Morgan fingerprint density at radius 1 is 0.270 bits per heavy atom. The highest BCUT2D eigenvalue weighted by Crippen LogP contribution is 2.40. The second-order valence-corrected chi connectivity index (χ2v) is 9.81. The quantitative estimate of drug-likeness (QED) is 0.240. The van der Waals surface area contributed by atoms with Crippen LogP contribution in [-0.4, -0.2) is 0 Å². The molecule has 1 aliphatic rings. The zero-order chi connectivity index (χ0) is 24.6. The van der Waals surface area contributed by atoms with Crippen molar-refractivity contribution in [1.29, 1.82) is 0 Å². The minimum Gasteiger partial charge on any atom is -0.0622 e. The summed E-state index contributed by atoms with van der Waals surface area (Å²) in [5, 5.41) is 0. The van der Waals surface area contributed by atoms with Crippen LogP contribution in [0.2, 0.25) is 0 Å². The Balaban J connectivity index is 1.14. The maximum absolute atomic E-state index is 2.38. The molecule has 0 saturated heterocycles. The number of rotatable bonds is 4. The molecule has 0 aromatic heterocycles. The van der Waals surface area contributed by atoms with E-state index in [0.29, 0.717) is 0 Å². The lowest BCUT2D eigenvalue weighted by Gasteiger charge is -2.08. The highest BCUT2D eigenvalue weighted by Gasteiger charge is 2.19. The highest BCUT2D eigenvalue weighted by molar-refractivity contribution is 5.83. The first-order chi connectivity index (χ1) is 18.3. The molecule has 7 rings (SSSR count). The molecule has 0 radical (unpaired) electrons. The van der Waals surface area contributed by atoms with Gasteiger partial charge in [-0.15, -0.1) is 0 Å². The Labute approximate surface area is 218 Å². The van der Waals surface area contributed by atoms with Crippen molar-refractivity contribution in [2.75, 3.05) is 0 Å². The first kappa shape index (κ1) is 21.6. The van der Waals surface area contributed by atoms with Gasteiger partial charge in [0.2, 0.25) is 0 Å². The summed E-state index contributed by atoms with van der Waals surface area (Å²) >= 11 is 0. The fraction of sp³-hybridized carbons (Fsp3) is 0.0270. The van der Waals surface area contributed by atoms with Crippen LogP contribution in [0, 0.1) is 0 Å². The SMILES string of the molecule is c1ccc(-c2ccc(-c3ccc4c(c3)Cc3cc(-c5ccc(-c6ccccc6)cc5)ccc3-4)cc2)cc1. The molecule has 0 spiro atoms. The molecule has 6 aromatic carbocycles. The predicted molar refractivity (Wildman–Crippen MR) is 156 cm³/mol. The maximum Gasteiger partial charge on any atom is -0.00130 e. The molecule has 0 fully saturated rings. The van der Waals surface area contributed by atoms with E-state index >= 15 is 0 Å². The van der Waals surface area contributed by atoms with Gasteiger partial charge in [-0.25, -0.2) is 0 Å². The van der Waals surface area contributed by atoms with Crippen LogP contribution >= 0.6 is 0 Å². The van der Waals surface area contributed by atoms with Crippen molar-refractivity contribution in [2.24, 2.45) is 0 Å². The van der Waals surface area contributed by atoms with Crippen molar-refractivity contribution >= 4 is 0 Å². The van der Waals surface area contributed by atoms with E-state index in [0.717, 1.165) is 6.42 Å². The van der Waals surface area contributed by atoms with Gasteiger partial charge in [-0.2, -0.15) is 0 Å². The third-order valence-corrected chi connectivity index (χ3v) is 7.53. The van der Waals surface area contributed by atoms with Crippen molar-refractivity contribution in [3.05, 3.63) is 157 Å². The largest absolute Gasteiger partial charge is 0.0622 e. The number of benzene rings is 6. The summed E-state index contributed by atoms with van der Waals surface area (Å²) in [5.41, 5.74) is 15.7. The fourth-order valence-corrected chi connectivity index (χ4v) is 5.54. The van der Waals surface area contributed by atoms with Crippen molar-refractivity contribution in [2.45, 2.75) is 6.42 Å². The summed E-state index contributed by atoms with van der Waals surface area (Å²) in [6.07, 6.45) is 0.983. The summed E-state index contributed by atoms with van der Waals surface area (Å²) in [5.74, 6) is 0. The maximum atomic E-state index is 2.38. The van der Waals surface area contributed by atoms with Crippen LogP contribution in [0.15, 0.2) is 146 Å². The third-order valence-electron chi connectivity index (χ3n) is 7.53. The third kappa shape index (κ3) is 4.07. The first-order valence-corrected chi connectivity index (χ1v) is 12.9. The lowest BCUT2D eigenvalue weighted by Crippen LogP contribution is -1.85. The van der Waals surface area contributed by atoms with Gasteiger partial charge < -0.3 is 0 Å². The standard InChI is InChI=1S/C37H26/c1-3-7-26(8-4-1)28-11-15-30(16-12-28)32-19-21-36-34(23-32)25-35-24-33(20-22-37(35)36)31-17-13-29(14-18-31)27-9-5-2-6-10-27/h1-24H,25H2. The monoisotopic (exact) mass is 470 g/mol. The van der Waals surface area contributed by atoms with Gasteiger partial charge in [-0.1, -0.05) is 146 Å². The molecule has 37 heavy (non-hydrogen) atoms. The van der Waals surface area contributed by atoms with Crippen LogP contribution in [-0.2, 0) is 6.42 Å². The summed E-state index contributed by atoms with van der Waals surface area (Å²) < 4.78 is 0. The average molecular weight is 471 g/mol. The van der Waals surface area contributed by atoms with Crippen LogP contribution in [0.25, 0.3) is 55.6 Å². The van der Waals surface area contributed by atoms with Gasteiger partial charge in [0.25, 0.3) is 0 Å². The number of fused-ring (bicyclic) bond motifs is 3. The van der Waals surface area contributed by atoms with Gasteiger partial charge in [0.15, 0.2) is 0 Å². The first-order valence-electron chi connectivity index (χ1n) is 12.9. The second kappa shape index (κ2) is 9.08. The molecule has 0 amide bonds. The predicted octanol–water partition coefficient (Wildman–Crippen LogP) is 9.93. The Hall–Kier alpha value is -4.68. The summed E-state index contributed by atoms with van der Waals surface area (Å²) in [6.45, 7) is 0. The Morgan fingerprint density at radius 3 is 0.946 bits per heavy atom. The van der Waals surface area contributed by atoms with E-state index in [-0.39, 0.29) is 0 Å². The molecule has 6 aromatic rings. The van der Waals surface area contributed by atoms with E-state index in [1.807, 2.05) is 0 Å². The molecule has 0 nitrogen and oxygen atoms in total. The molecule has 0 heteroatoms. The molecule has 1 aliphatic carbocycles. The van der Waals surface area contributed by atoms with Crippen LogP contribution in [0.1, 0.15) is 11.1 Å². The van der Waals surface area contributed by atoms with E-state index in [1.54, 1.807) is 0 Å². The van der Waals surface area contributed by atoms with E-state index in [2.05, 4.69) is 146 Å². The molecule has 0 heterocycles. The second-order valence-electron chi connectivity index (χ2n) is 9.81. The Bertz CT molecular complexity index is 1560. The molecule has 0 atom stereocenters. The van der Waals surface area contributed by atoms with Crippen molar-refractivity contribution in [3.63, 3.8) is 0 Å². The van der Waals surface area contributed by atoms with Gasteiger partial charge in [0.1, 0.15) is 0 Å². The van der Waals surface area contributed by atoms with Crippen LogP contribution in [0.3, 0.4) is 0 Å². The van der Waals surface area contributed by atoms with Crippen molar-refractivity contribution < 1.29 is 0 Å². The molecular weight excluding hydrogens is 444 g/mol. The van der Waals surface area contributed by atoms with Gasteiger partial charge >= 0.3 is 0 Å². The van der Waals surface area contributed by atoms with Crippen LogP contribution in [0.4, 0.5) is 0 Å². The summed E-state index contributed by atoms with van der Waals surface area (Å²) in [7, 11) is 0. The number of hydrogen-bond donors (Lipinski definition) is 0. The van der Waals surface area contributed by atoms with E-state index in [9.17, 15) is 0 Å². The zero-order valence-electron chi connectivity index (χ0n) is 20.6. The van der Waals surface area contributed by atoms with Gasteiger partial charge in [0.05, 0.1) is 0 Å². The normalized spacial score (nSPS) is 11.7. The lowest BCUT2D eigenvalue weighted by molar-refractivity contribution is 1.26. The van der Waals surface area contributed by atoms with E-state index < -0.39 is 0 Å². The Morgan fingerprint density at radius 2 is 0.568 bits per heavy atom. The van der Waals surface area contributed by atoms with Crippen molar-refractivity contribution in [1.82, 2.24) is 0 Å². The van der Waals surface area contributed by atoms with Gasteiger partial charge in [0, 0.05) is 0 Å². The molecule has 0 N–H and O–H groups in total. The zero-order valence-corrected chi connectivity index (χ0v) is 20.6. The molecule has 174 valence electrons. The molecule has 0 bridgehead atoms. The van der Waals surface area contributed by atoms with E-state index in [4.69, 9.17) is 0 Å². The fourth-order valence-electron chi connectivity index (χ4n) is 5.54. The summed E-state index contributed by atoms with van der Waals surface area (Å²) in [4.78, 5) is 0. The highest BCUT2D eigenvalue weighted by atomic mass is 14.2. The van der Waals surface area contributed by atoms with Gasteiger partial charge in [-0.3, -0.25) is 0 Å². The van der Waals surface area contributed by atoms with Crippen molar-refractivity contribution in [3.8, 4) is 55.6 Å². The topological polar surface area (TPSA) is 0 Å². The smallest absolute Gasteiger partial charge is 0.00130 e. The average Bonchev–Trinajstić information content (AvgIpc) is 3.35. The minimum atomic E-state index is 0.983. The van der Waals surface area contributed by atoms with Crippen LogP contribution < -0.4 is 0 Å². The summed E-state index contributed by atoms with van der Waals surface area (Å²) in [6, 6.07) is 52.9. The molecule has 0 unspecified atom stereocenters. The Kier molecular flexibility index (Phi) is 5.30. The van der Waals surface area contributed by atoms with E-state index in [1.165, 1.54) is 66.8 Å². The minimum absolute atomic E-state index is 0.983. The van der Waals surface area contributed by atoms with Crippen LogP contribution in [0.5, 0.6) is 0 Å². The molecular formula is C37H26. The molecule has 0 saturated carbocycles. The molecule has 0 aliphatic heterocycles.